The van der Waals surface area contributed by atoms with Gasteiger partial charge in [0.2, 0.25) is 11.9 Å². The van der Waals surface area contributed by atoms with Gasteiger partial charge in [0, 0.05) is 31.7 Å². The number of rotatable bonds is 10. The molecule has 0 radical (unpaired) electrons. The molecule has 1 aromatic carbocycles. The average Bonchev–Trinajstić information content (AvgIpc) is 3.33. The van der Waals surface area contributed by atoms with Crippen LogP contribution in [0, 0.1) is 5.41 Å². The van der Waals surface area contributed by atoms with Crippen LogP contribution in [-0.2, 0) is 30.3 Å². The number of amides is 3. The summed E-state index contributed by atoms with van der Waals surface area (Å²) in [4.78, 5) is 56.1. The van der Waals surface area contributed by atoms with Gasteiger partial charge in [0.25, 0.3) is 5.91 Å². The molecule has 0 aliphatic carbocycles. The van der Waals surface area contributed by atoms with E-state index in [0.717, 1.165) is 0 Å². The lowest BCUT2D eigenvalue weighted by atomic mass is 9.99. The summed E-state index contributed by atoms with van der Waals surface area (Å²) >= 11 is 0. The monoisotopic (exact) mass is 515 g/mol. The molecule has 0 spiro atoms. The number of carbonyl (C=O) groups excluding carboxylic acids is 4. The number of alkyl carbamates (subject to hydrolysis) is 1. The Bertz CT molecular complexity index is 1110. The van der Waals surface area contributed by atoms with Crippen LogP contribution in [0.15, 0.2) is 30.6 Å². The van der Waals surface area contributed by atoms with Crippen LogP contribution < -0.4 is 20.7 Å². The molecule has 3 amide bonds. The fourth-order valence-electron chi connectivity index (χ4n) is 3.44. The van der Waals surface area contributed by atoms with Crippen molar-refractivity contribution in [2.45, 2.75) is 59.1 Å². The highest BCUT2D eigenvalue weighted by atomic mass is 16.6. The van der Waals surface area contributed by atoms with Gasteiger partial charge in [-0.05, 0) is 30.0 Å². The number of nitrogens with zero attached hydrogens (tertiary/aromatic N) is 1. The second kappa shape index (κ2) is 12.2. The second-order valence-corrected chi connectivity index (χ2v) is 9.74. The average molecular weight is 516 g/mol. The van der Waals surface area contributed by atoms with E-state index in [4.69, 9.17) is 14.2 Å². The lowest BCUT2D eigenvalue weighted by Gasteiger charge is -2.26. The number of esters is 1. The van der Waals surface area contributed by atoms with E-state index in [0.29, 0.717) is 22.9 Å². The molecule has 1 aliphatic heterocycles. The standard InChI is InChI=1S/C25H33N5O7/c1-5-35-22(33)17(29-24(34)36-14-25(2,3)4)13-15-6-7-18-16(12-15)28-21(32)19(37-18)8-9-20(31)30-23-26-10-11-27-23/h6-7,10-12,17,19H,5,8-9,13-14H2,1-4H3,(H,28,32)(H,29,34)(H2,26,27,30,31)/t17-,19-/m0/s1. The molecule has 0 fully saturated rings. The third-order valence-corrected chi connectivity index (χ3v) is 5.19. The Morgan fingerprint density at radius 3 is 2.68 bits per heavy atom. The highest BCUT2D eigenvalue weighted by Gasteiger charge is 2.29. The van der Waals surface area contributed by atoms with Crippen LogP contribution in [0.25, 0.3) is 0 Å². The second-order valence-electron chi connectivity index (χ2n) is 9.74. The van der Waals surface area contributed by atoms with Crippen LogP contribution in [0.2, 0.25) is 0 Å². The number of ether oxygens (including phenoxy) is 3. The summed E-state index contributed by atoms with van der Waals surface area (Å²) < 4.78 is 16.1. The normalized spacial score (nSPS) is 15.5. The van der Waals surface area contributed by atoms with Gasteiger partial charge in [0.1, 0.15) is 11.8 Å². The van der Waals surface area contributed by atoms with E-state index in [1.54, 1.807) is 31.3 Å². The molecule has 2 atom stereocenters. The Balaban J connectivity index is 1.60. The van der Waals surface area contributed by atoms with Gasteiger partial charge in [-0.1, -0.05) is 26.8 Å². The van der Waals surface area contributed by atoms with E-state index in [1.807, 2.05) is 20.8 Å². The molecule has 0 unspecified atom stereocenters. The molecule has 12 nitrogen and oxygen atoms in total. The molecule has 3 rings (SSSR count). The van der Waals surface area contributed by atoms with E-state index in [-0.39, 0.29) is 49.7 Å². The number of nitrogens with one attached hydrogen (secondary N) is 4. The molecular weight excluding hydrogens is 482 g/mol. The zero-order valence-corrected chi connectivity index (χ0v) is 21.4. The van der Waals surface area contributed by atoms with Gasteiger partial charge < -0.3 is 29.8 Å². The van der Waals surface area contributed by atoms with E-state index in [9.17, 15) is 19.2 Å². The maximum Gasteiger partial charge on any atom is 0.407 e. The van der Waals surface area contributed by atoms with Gasteiger partial charge in [0.05, 0.1) is 18.9 Å². The first-order valence-corrected chi connectivity index (χ1v) is 12.0. The molecule has 1 aliphatic rings. The summed E-state index contributed by atoms with van der Waals surface area (Å²) in [6, 6.07) is 4.08. The molecule has 0 saturated carbocycles. The Morgan fingerprint density at radius 1 is 1.22 bits per heavy atom. The zero-order valence-electron chi connectivity index (χ0n) is 21.4. The number of fused-ring (bicyclic) bond motifs is 1. The Labute approximate surface area is 214 Å². The van der Waals surface area contributed by atoms with Crippen LogP contribution in [-0.4, -0.2) is 59.2 Å². The largest absolute Gasteiger partial charge is 0.478 e. The first kappa shape index (κ1) is 27.5. The van der Waals surface area contributed by atoms with Crippen LogP contribution in [0.1, 0.15) is 46.1 Å². The predicted octanol–water partition coefficient (Wildman–Crippen LogP) is 2.77. The molecule has 12 heteroatoms. The minimum absolute atomic E-state index is 0.0599. The smallest absolute Gasteiger partial charge is 0.407 e. The van der Waals surface area contributed by atoms with Crippen molar-refractivity contribution >= 4 is 35.5 Å². The van der Waals surface area contributed by atoms with Crippen molar-refractivity contribution in [1.82, 2.24) is 15.3 Å². The number of aromatic nitrogens is 2. The number of carbonyl (C=O) groups is 4. The van der Waals surface area contributed by atoms with Crippen molar-refractivity contribution in [3.8, 4) is 5.75 Å². The number of imidazole rings is 1. The molecule has 4 N–H and O–H groups in total. The van der Waals surface area contributed by atoms with Gasteiger partial charge in [-0.3, -0.25) is 14.9 Å². The molecule has 2 aromatic rings. The molecular formula is C25H33N5O7. The molecule has 0 saturated heterocycles. The summed E-state index contributed by atoms with van der Waals surface area (Å²) in [7, 11) is 0. The van der Waals surface area contributed by atoms with Gasteiger partial charge in [-0.15, -0.1) is 0 Å². The van der Waals surface area contributed by atoms with Crippen molar-refractivity contribution in [2.75, 3.05) is 23.8 Å². The van der Waals surface area contributed by atoms with Crippen molar-refractivity contribution in [1.29, 1.82) is 0 Å². The number of hydrogen-bond acceptors (Lipinski definition) is 8. The number of benzene rings is 1. The number of hydrogen-bond donors (Lipinski definition) is 4. The third kappa shape index (κ3) is 8.51. The third-order valence-electron chi connectivity index (χ3n) is 5.19. The van der Waals surface area contributed by atoms with Crippen LogP contribution >= 0.6 is 0 Å². The predicted molar refractivity (Wildman–Crippen MR) is 134 cm³/mol. The maximum atomic E-state index is 12.6. The Kier molecular flexibility index (Phi) is 9.10. The fraction of sp³-hybridized carbons (Fsp3) is 0.480. The van der Waals surface area contributed by atoms with E-state index in [2.05, 4.69) is 25.9 Å². The van der Waals surface area contributed by atoms with Gasteiger partial charge >= 0.3 is 12.1 Å². The topological polar surface area (TPSA) is 161 Å². The number of aromatic amines is 1. The molecule has 2 heterocycles. The van der Waals surface area contributed by atoms with Gasteiger partial charge in [-0.2, -0.15) is 0 Å². The molecule has 0 bridgehead atoms. The highest BCUT2D eigenvalue weighted by Crippen LogP contribution is 2.32. The van der Waals surface area contributed by atoms with Gasteiger partial charge in [0.15, 0.2) is 6.10 Å². The molecule has 37 heavy (non-hydrogen) atoms. The van der Waals surface area contributed by atoms with Gasteiger partial charge in [-0.25, -0.2) is 14.6 Å². The minimum Gasteiger partial charge on any atom is -0.478 e. The number of anilines is 2. The molecule has 1 aromatic heterocycles. The summed E-state index contributed by atoms with van der Waals surface area (Å²) in [6.45, 7) is 7.79. The van der Waals surface area contributed by atoms with Crippen molar-refractivity contribution in [2.24, 2.45) is 5.41 Å². The fourth-order valence-corrected chi connectivity index (χ4v) is 3.44. The lowest BCUT2D eigenvalue weighted by molar-refractivity contribution is -0.145. The van der Waals surface area contributed by atoms with Crippen molar-refractivity contribution < 1.29 is 33.4 Å². The quantitative estimate of drug-likeness (QED) is 0.351. The van der Waals surface area contributed by atoms with Crippen molar-refractivity contribution in [3.05, 3.63) is 36.2 Å². The zero-order chi connectivity index (χ0) is 27.0. The first-order valence-electron chi connectivity index (χ1n) is 12.0. The first-order chi connectivity index (χ1) is 17.5. The van der Waals surface area contributed by atoms with E-state index in [1.165, 1.54) is 6.20 Å². The van der Waals surface area contributed by atoms with E-state index < -0.39 is 24.2 Å². The van der Waals surface area contributed by atoms with Crippen LogP contribution in [0.3, 0.4) is 0 Å². The summed E-state index contributed by atoms with van der Waals surface area (Å²) in [5, 5.41) is 7.94. The lowest BCUT2D eigenvalue weighted by Crippen LogP contribution is -2.44. The summed E-state index contributed by atoms with van der Waals surface area (Å²) in [5.74, 6) is -0.520. The highest BCUT2D eigenvalue weighted by molar-refractivity contribution is 5.98. The van der Waals surface area contributed by atoms with E-state index >= 15 is 0 Å². The number of H-pyrrole nitrogens is 1. The Hall–Kier alpha value is -4.09. The van der Waals surface area contributed by atoms with Crippen molar-refractivity contribution in [3.63, 3.8) is 0 Å². The minimum atomic E-state index is -0.980. The summed E-state index contributed by atoms with van der Waals surface area (Å²) in [6.07, 6.45) is 1.89. The maximum absolute atomic E-state index is 12.6. The Morgan fingerprint density at radius 2 is 2.00 bits per heavy atom. The summed E-state index contributed by atoms with van der Waals surface area (Å²) in [5.41, 5.74) is 0.860. The molecule has 200 valence electrons. The SMILES string of the molecule is CCOC(=O)[C@H](Cc1ccc2c(c1)NC(=O)[C@H](CCC(=O)Nc1ncc[nH]1)O2)NC(=O)OCC(C)(C)C. The van der Waals surface area contributed by atoms with Crippen LogP contribution in [0.4, 0.5) is 16.4 Å². The van der Waals surface area contributed by atoms with Crippen LogP contribution in [0.5, 0.6) is 5.75 Å².